The van der Waals surface area contributed by atoms with Crippen LogP contribution in [0.15, 0.2) is 43.0 Å². The number of thiol groups is 1. The number of carbonyl (C=O) groups is 4. The van der Waals surface area contributed by atoms with Crippen molar-refractivity contribution in [2.75, 3.05) is 5.75 Å². The van der Waals surface area contributed by atoms with Crippen molar-refractivity contribution in [2.24, 2.45) is 5.73 Å². The number of nitrogens with one attached hydrogen (secondary N) is 5. The summed E-state index contributed by atoms with van der Waals surface area (Å²) in [5, 5.41) is 18.2. The van der Waals surface area contributed by atoms with Gasteiger partial charge in [-0.3, -0.25) is 14.4 Å². The van der Waals surface area contributed by atoms with Gasteiger partial charge >= 0.3 is 5.97 Å². The highest BCUT2D eigenvalue weighted by atomic mass is 32.1. The number of amides is 3. The van der Waals surface area contributed by atoms with E-state index < -0.39 is 47.9 Å². The van der Waals surface area contributed by atoms with Gasteiger partial charge in [-0.25, -0.2) is 9.78 Å². The van der Waals surface area contributed by atoms with Crippen molar-refractivity contribution in [3.8, 4) is 0 Å². The predicted molar refractivity (Wildman–Crippen MR) is 135 cm³/mol. The number of carbonyl (C=O) groups excluding carboxylic acids is 3. The molecule has 192 valence electrons. The highest BCUT2D eigenvalue weighted by Crippen LogP contribution is 2.19. The monoisotopic (exact) mass is 515 g/mol. The summed E-state index contributed by atoms with van der Waals surface area (Å²) in [5.74, 6) is -3.19. The van der Waals surface area contributed by atoms with E-state index in [2.05, 4.69) is 43.5 Å². The number of aromatic nitrogens is 3. The number of benzene rings is 1. The fourth-order valence-electron chi connectivity index (χ4n) is 3.59. The first-order valence-electron chi connectivity index (χ1n) is 11.2. The molecule has 0 fully saturated rings. The molecule has 12 nitrogen and oxygen atoms in total. The molecule has 8 N–H and O–H groups in total. The average molecular weight is 516 g/mol. The van der Waals surface area contributed by atoms with Crippen LogP contribution >= 0.6 is 12.6 Å². The molecule has 0 spiro atoms. The molecule has 0 aliphatic heterocycles. The molecule has 3 aromatic rings. The maximum absolute atomic E-state index is 13.2. The number of fused-ring (bicyclic) bond motifs is 1. The molecule has 3 rings (SSSR count). The van der Waals surface area contributed by atoms with Crippen LogP contribution in [0.25, 0.3) is 10.9 Å². The fourth-order valence-corrected chi connectivity index (χ4v) is 3.85. The second-order valence-electron chi connectivity index (χ2n) is 8.34. The Balaban J connectivity index is 1.76. The molecule has 4 unspecified atom stereocenters. The first kappa shape index (κ1) is 26.8. The molecule has 0 saturated heterocycles. The number of aliphatic carboxylic acids is 1. The van der Waals surface area contributed by atoms with Gasteiger partial charge in [0.05, 0.1) is 12.4 Å². The Morgan fingerprint density at radius 1 is 1.00 bits per heavy atom. The number of aromatic amines is 2. The Morgan fingerprint density at radius 3 is 2.31 bits per heavy atom. The quantitative estimate of drug-likeness (QED) is 0.149. The predicted octanol–water partition coefficient (Wildman–Crippen LogP) is -0.508. The van der Waals surface area contributed by atoms with Gasteiger partial charge in [0.1, 0.15) is 18.1 Å². The van der Waals surface area contributed by atoms with Crippen molar-refractivity contribution >= 4 is 47.2 Å². The van der Waals surface area contributed by atoms with Gasteiger partial charge in [0, 0.05) is 47.6 Å². The van der Waals surface area contributed by atoms with Crippen LogP contribution in [-0.2, 0) is 32.0 Å². The summed E-state index contributed by atoms with van der Waals surface area (Å²) in [6, 6.07) is 3.12. The topological polar surface area (TPSA) is 195 Å². The maximum Gasteiger partial charge on any atom is 0.326 e. The van der Waals surface area contributed by atoms with Gasteiger partial charge in [-0.2, -0.15) is 12.6 Å². The summed E-state index contributed by atoms with van der Waals surface area (Å²) in [4.78, 5) is 59.8. The molecule has 1 aromatic carbocycles. The van der Waals surface area contributed by atoms with E-state index in [1.165, 1.54) is 19.4 Å². The molecule has 4 atom stereocenters. The molecular formula is C23H29N7O5S. The third-order valence-electron chi connectivity index (χ3n) is 5.55. The number of hydrogen-bond donors (Lipinski definition) is 8. The van der Waals surface area contributed by atoms with Crippen molar-refractivity contribution in [1.29, 1.82) is 0 Å². The van der Waals surface area contributed by atoms with E-state index in [4.69, 9.17) is 5.73 Å². The van der Waals surface area contributed by atoms with Crippen LogP contribution in [0.4, 0.5) is 0 Å². The highest BCUT2D eigenvalue weighted by Gasteiger charge is 2.30. The first-order chi connectivity index (χ1) is 17.2. The van der Waals surface area contributed by atoms with Crippen molar-refractivity contribution in [2.45, 2.75) is 43.9 Å². The zero-order valence-corrected chi connectivity index (χ0v) is 20.4. The van der Waals surface area contributed by atoms with E-state index in [1.807, 2.05) is 24.3 Å². The van der Waals surface area contributed by atoms with E-state index in [1.54, 1.807) is 6.20 Å². The number of carboxylic acids is 1. The minimum absolute atomic E-state index is 0.0114. The minimum atomic E-state index is -1.25. The van der Waals surface area contributed by atoms with Gasteiger partial charge in [0.2, 0.25) is 17.7 Å². The van der Waals surface area contributed by atoms with E-state index in [9.17, 15) is 24.3 Å². The summed E-state index contributed by atoms with van der Waals surface area (Å²) in [7, 11) is 0. The van der Waals surface area contributed by atoms with Crippen molar-refractivity contribution in [1.82, 2.24) is 30.9 Å². The third kappa shape index (κ3) is 6.86. The highest BCUT2D eigenvalue weighted by molar-refractivity contribution is 7.80. The molecule has 2 heterocycles. The van der Waals surface area contributed by atoms with Gasteiger partial charge < -0.3 is 36.8 Å². The molecule has 0 saturated carbocycles. The summed E-state index contributed by atoms with van der Waals surface area (Å²) in [6.45, 7) is 1.47. The lowest BCUT2D eigenvalue weighted by atomic mass is 10.0. The number of hydrogen-bond acceptors (Lipinski definition) is 7. The number of H-pyrrole nitrogens is 2. The molecule has 0 radical (unpaired) electrons. The number of carboxylic acid groups (broad SMARTS) is 1. The van der Waals surface area contributed by atoms with Crippen LogP contribution in [0.2, 0.25) is 0 Å². The normalized spacial score (nSPS) is 14.4. The second-order valence-corrected chi connectivity index (χ2v) is 8.70. The van der Waals surface area contributed by atoms with Crippen LogP contribution in [0, 0.1) is 0 Å². The molecule has 0 bridgehead atoms. The first-order valence-corrected chi connectivity index (χ1v) is 11.9. The van der Waals surface area contributed by atoms with Crippen LogP contribution in [-0.4, -0.2) is 73.7 Å². The lowest BCUT2D eigenvalue weighted by molar-refractivity contribution is -0.142. The lowest BCUT2D eigenvalue weighted by Gasteiger charge is -2.24. The summed E-state index contributed by atoms with van der Waals surface area (Å²) < 4.78 is 0. The molecular weight excluding hydrogens is 486 g/mol. The third-order valence-corrected chi connectivity index (χ3v) is 5.92. The smallest absolute Gasteiger partial charge is 0.326 e. The van der Waals surface area contributed by atoms with Crippen molar-refractivity contribution in [3.63, 3.8) is 0 Å². The van der Waals surface area contributed by atoms with E-state index in [-0.39, 0.29) is 18.6 Å². The van der Waals surface area contributed by atoms with Crippen LogP contribution in [0.3, 0.4) is 0 Å². The van der Waals surface area contributed by atoms with Gasteiger partial charge in [0.25, 0.3) is 0 Å². The van der Waals surface area contributed by atoms with E-state index >= 15 is 0 Å². The van der Waals surface area contributed by atoms with Gasteiger partial charge in [-0.15, -0.1) is 0 Å². The molecule has 0 aliphatic carbocycles. The molecule has 3 amide bonds. The Kier molecular flexibility index (Phi) is 9.08. The maximum atomic E-state index is 13.2. The number of imidazole rings is 1. The zero-order valence-electron chi connectivity index (χ0n) is 19.5. The fraction of sp³-hybridized carbons (Fsp3) is 0.348. The molecule has 0 aliphatic rings. The summed E-state index contributed by atoms with van der Waals surface area (Å²) in [6.07, 6.45) is 4.65. The van der Waals surface area contributed by atoms with Crippen LogP contribution < -0.4 is 21.7 Å². The standard InChI is InChI=1S/C23H29N7O5S/c1-12(24)20(31)30-19(10-36)22(33)28-17(7-14-9-25-11-27-14)21(32)29-18(23(34)35)6-13-8-26-16-5-3-2-4-15(13)16/h2-5,8-9,11-12,17-19,26,36H,6-7,10,24H2,1H3,(H,25,27)(H,28,33)(H,29,32)(H,30,31)(H,34,35). The van der Waals surface area contributed by atoms with Crippen molar-refractivity contribution < 1.29 is 24.3 Å². The average Bonchev–Trinajstić information content (AvgIpc) is 3.51. The van der Waals surface area contributed by atoms with Gasteiger partial charge in [-0.05, 0) is 18.6 Å². The second kappa shape index (κ2) is 12.2. The number of para-hydroxylation sites is 1. The minimum Gasteiger partial charge on any atom is -0.480 e. The molecule has 2 aromatic heterocycles. The van der Waals surface area contributed by atoms with E-state index in [0.717, 1.165) is 16.5 Å². The zero-order chi connectivity index (χ0) is 26.2. The Morgan fingerprint density at radius 2 is 1.67 bits per heavy atom. The number of rotatable bonds is 12. The SMILES string of the molecule is CC(N)C(=O)NC(CS)C(=O)NC(Cc1cnc[nH]1)C(=O)NC(Cc1c[nH]c2ccccc12)C(=O)O. The Labute approximate surface area is 212 Å². The van der Waals surface area contributed by atoms with Gasteiger partial charge in [0.15, 0.2) is 0 Å². The molecule has 36 heavy (non-hydrogen) atoms. The van der Waals surface area contributed by atoms with Crippen LogP contribution in [0.5, 0.6) is 0 Å². The molecule has 13 heteroatoms. The number of nitrogens with two attached hydrogens (primary N) is 1. The van der Waals surface area contributed by atoms with Crippen molar-refractivity contribution in [3.05, 3.63) is 54.2 Å². The largest absolute Gasteiger partial charge is 0.480 e. The Bertz CT molecular complexity index is 1210. The van der Waals surface area contributed by atoms with Gasteiger partial charge in [-0.1, -0.05) is 18.2 Å². The lowest BCUT2D eigenvalue weighted by Crippen LogP contribution is -2.58. The van der Waals surface area contributed by atoms with Crippen LogP contribution in [0.1, 0.15) is 18.2 Å². The summed E-state index contributed by atoms with van der Waals surface area (Å²) in [5.41, 5.74) is 7.66. The van der Waals surface area contributed by atoms with E-state index in [0.29, 0.717) is 5.69 Å². The Hall–Kier alpha value is -3.84. The number of nitrogens with zero attached hydrogens (tertiary/aromatic N) is 1. The summed E-state index contributed by atoms with van der Waals surface area (Å²) >= 11 is 4.11.